The van der Waals surface area contributed by atoms with Gasteiger partial charge in [-0.15, -0.1) is 11.6 Å². The van der Waals surface area contributed by atoms with E-state index in [1.165, 1.54) is 5.56 Å². The zero-order valence-corrected chi connectivity index (χ0v) is 13.0. The van der Waals surface area contributed by atoms with Gasteiger partial charge in [-0.2, -0.15) is 0 Å². The molecule has 0 aromatic heterocycles. The topological polar surface area (TPSA) is 37.4 Å². The molecule has 0 radical (unpaired) electrons. The van der Waals surface area contributed by atoms with Crippen LogP contribution in [0.4, 0.5) is 0 Å². The van der Waals surface area contributed by atoms with E-state index in [-0.39, 0.29) is 11.5 Å². The molecule has 0 spiro atoms. The quantitative estimate of drug-likeness (QED) is 0.658. The van der Waals surface area contributed by atoms with Crippen molar-refractivity contribution in [2.24, 2.45) is 0 Å². The third-order valence-electron chi connectivity index (χ3n) is 2.88. The molecule has 1 aromatic rings. The van der Waals surface area contributed by atoms with Crippen LogP contribution < -0.4 is 0 Å². The van der Waals surface area contributed by atoms with E-state index in [9.17, 15) is 8.42 Å². The summed E-state index contributed by atoms with van der Waals surface area (Å²) in [5.41, 5.74) is 1.18. The monoisotopic (exact) mass is 303 g/mol. The van der Waals surface area contributed by atoms with Gasteiger partial charge in [0.25, 0.3) is 0 Å². The summed E-state index contributed by atoms with van der Waals surface area (Å²) in [6.45, 7) is 3.88. The van der Waals surface area contributed by atoms with Crippen molar-refractivity contribution < 1.29 is 8.42 Å². The lowest BCUT2D eigenvalue weighted by molar-refractivity contribution is 0.298. The molecule has 0 N–H and O–H groups in total. The number of hydrogen-bond acceptors (Lipinski definition) is 3. The third-order valence-corrected chi connectivity index (χ3v) is 4.89. The summed E-state index contributed by atoms with van der Waals surface area (Å²) in [7, 11) is -2.92. The molecule has 0 atom stereocenters. The fourth-order valence-electron chi connectivity index (χ4n) is 1.91. The van der Waals surface area contributed by atoms with Crippen molar-refractivity contribution >= 4 is 21.4 Å². The van der Waals surface area contributed by atoms with Gasteiger partial charge in [0.05, 0.1) is 5.75 Å². The van der Waals surface area contributed by atoms with Crippen molar-refractivity contribution in [1.29, 1.82) is 0 Å². The Balaban J connectivity index is 2.54. The molecule has 1 rings (SSSR count). The van der Waals surface area contributed by atoms with Crippen LogP contribution in [-0.4, -0.2) is 43.8 Å². The van der Waals surface area contributed by atoms with E-state index in [4.69, 9.17) is 11.6 Å². The number of hydrogen-bond donors (Lipinski definition) is 0. The lowest BCUT2D eigenvalue weighted by Crippen LogP contribution is -2.31. The van der Waals surface area contributed by atoms with Crippen molar-refractivity contribution in [1.82, 2.24) is 4.90 Å². The van der Waals surface area contributed by atoms with Gasteiger partial charge < -0.3 is 0 Å². The summed E-state index contributed by atoms with van der Waals surface area (Å²) >= 11 is 5.78. The lowest BCUT2D eigenvalue weighted by Gasteiger charge is -2.21. The predicted molar refractivity (Wildman–Crippen MR) is 81.4 cm³/mol. The van der Waals surface area contributed by atoms with Gasteiger partial charge >= 0.3 is 0 Å². The third kappa shape index (κ3) is 6.95. The molecular weight excluding hydrogens is 282 g/mol. The molecule has 0 aliphatic rings. The van der Waals surface area contributed by atoms with E-state index in [0.29, 0.717) is 25.4 Å². The van der Waals surface area contributed by atoms with Crippen LogP contribution >= 0.6 is 11.6 Å². The van der Waals surface area contributed by atoms with E-state index in [2.05, 4.69) is 4.90 Å². The van der Waals surface area contributed by atoms with E-state index >= 15 is 0 Å². The number of alkyl halides is 1. The highest BCUT2D eigenvalue weighted by molar-refractivity contribution is 7.91. The maximum Gasteiger partial charge on any atom is 0.151 e. The van der Waals surface area contributed by atoms with Crippen molar-refractivity contribution in [2.75, 3.05) is 30.5 Å². The van der Waals surface area contributed by atoms with E-state index in [0.717, 1.165) is 6.54 Å². The second-order valence-corrected chi connectivity index (χ2v) is 7.28. The highest BCUT2D eigenvalue weighted by atomic mass is 35.5. The van der Waals surface area contributed by atoms with Crippen LogP contribution in [0.15, 0.2) is 30.3 Å². The molecule has 0 amide bonds. The normalized spacial score (nSPS) is 11.9. The van der Waals surface area contributed by atoms with Crippen LogP contribution in [0.1, 0.15) is 18.9 Å². The maximum absolute atomic E-state index is 11.7. The molecule has 3 nitrogen and oxygen atoms in total. The van der Waals surface area contributed by atoms with Gasteiger partial charge in [-0.05, 0) is 12.0 Å². The average Bonchev–Trinajstić information content (AvgIpc) is 2.37. The first-order valence-electron chi connectivity index (χ1n) is 6.60. The zero-order valence-electron chi connectivity index (χ0n) is 11.4. The number of halogens is 1. The molecule has 0 fully saturated rings. The summed E-state index contributed by atoms with van der Waals surface area (Å²) in [4.78, 5) is 2.09. The summed E-state index contributed by atoms with van der Waals surface area (Å²) in [6.07, 6.45) is 0.677. The predicted octanol–water partition coefficient (Wildman–Crippen LogP) is 2.55. The van der Waals surface area contributed by atoms with Crippen LogP contribution in [0, 0.1) is 0 Å². The van der Waals surface area contributed by atoms with E-state index in [1.807, 2.05) is 37.3 Å². The smallest absolute Gasteiger partial charge is 0.151 e. The van der Waals surface area contributed by atoms with Gasteiger partial charge in [0.1, 0.15) is 0 Å². The highest BCUT2D eigenvalue weighted by Gasteiger charge is 2.13. The number of nitrogens with zero attached hydrogens (tertiary/aromatic N) is 1. The zero-order chi connectivity index (χ0) is 14.1. The van der Waals surface area contributed by atoms with E-state index < -0.39 is 9.84 Å². The molecule has 0 aliphatic carbocycles. The Kier molecular flexibility index (Phi) is 7.42. The lowest BCUT2D eigenvalue weighted by atomic mass is 10.2. The molecule has 5 heteroatoms. The SMILES string of the molecule is CCCS(=O)(=O)CCN(CCCl)Cc1ccccc1. The standard InChI is InChI=1S/C14H22ClNO2S/c1-2-11-19(17,18)12-10-16(9-8-15)13-14-6-4-3-5-7-14/h3-7H,2,8-13H2,1H3. The molecular formula is C14H22ClNO2S. The molecule has 0 unspecified atom stereocenters. The largest absolute Gasteiger partial charge is 0.297 e. The first-order valence-corrected chi connectivity index (χ1v) is 8.95. The Morgan fingerprint density at radius 1 is 1.11 bits per heavy atom. The first-order chi connectivity index (χ1) is 9.07. The highest BCUT2D eigenvalue weighted by Crippen LogP contribution is 2.05. The van der Waals surface area contributed by atoms with Gasteiger partial charge in [-0.1, -0.05) is 37.3 Å². The van der Waals surface area contributed by atoms with Crippen LogP contribution in [0.2, 0.25) is 0 Å². The van der Waals surface area contributed by atoms with Gasteiger partial charge in [-0.3, -0.25) is 4.90 Å². The Labute approximate surface area is 121 Å². The first kappa shape index (κ1) is 16.5. The minimum Gasteiger partial charge on any atom is -0.297 e. The molecule has 108 valence electrons. The Hall–Kier alpha value is -0.580. The van der Waals surface area contributed by atoms with Gasteiger partial charge in [-0.25, -0.2) is 8.42 Å². The minimum absolute atomic E-state index is 0.213. The fourth-order valence-corrected chi connectivity index (χ4v) is 3.51. The second kappa shape index (κ2) is 8.56. The van der Waals surface area contributed by atoms with Crippen molar-refractivity contribution in [3.63, 3.8) is 0 Å². The summed E-state index contributed by atoms with van der Waals surface area (Å²) in [6, 6.07) is 10.0. The van der Waals surface area contributed by atoms with E-state index in [1.54, 1.807) is 0 Å². The Morgan fingerprint density at radius 3 is 2.37 bits per heavy atom. The Morgan fingerprint density at radius 2 is 1.79 bits per heavy atom. The Bertz CT molecular complexity index is 448. The summed E-state index contributed by atoms with van der Waals surface area (Å²) in [5.74, 6) is 0.998. The van der Waals surface area contributed by atoms with Gasteiger partial charge in [0.15, 0.2) is 9.84 Å². The molecule has 0 saturated heterocycles. The van der Waals surface area contributed by atoms with Gasteiger partial charge in [0, 0.05) is 31.3 Å². The van der Waals surface area contributed by atoms with Crippen LogP contribution in [0.5, 0.6) is 0 Å². The molecule has 0 aliphatic heterocycles. The maximum atomic E-state index is 11.7. The summed E-state index contributed by atoms with van der Waals surface area (Å²) in [5, 5.41) is 0. The van der Waals surface area contributed by atoms with Crippen LogP contribution in [0.3, 0.4) is 0 Å². The molecule has 0 saturated carbocycles. The number of sulfone groups is 1. The molecule has 1 aromatic carbocycles. The second-order valence-electron chi connectivity index (χ2n) is 4.60. The van der Waals surface area contributed by atoms with Crippen LogP contribution in [0.25, 0.3) is 0 Å². The minimum atomic E-state index is -2.92. The van der Waals surface area contributed by atoms with Crippen molar-refractivity contribution in [3.8, 4) is 0 Å². The number of benzene rings is 1. The fraction of sp³-hybridized carbons (Fsp3) is 0.571. The van der Waals surface area contributed by atoms with Crippen molar-refractivity contribution in [2.45, 2.75) is 19.9 Å². The summed E-state index contributed by atoms with van der Waals surface area (Å²) < 4.78 is 23.5. The average molecular weight is 304 g/mol. The van der Waals surface area contributed by atoms with Crippen LogP contribution in [-0.2, 0) is 16.4 Å². The molecule has 0 bridgehead atoms. The molecule has 0 heterocycles. The van der Waals surface area contributed by atoms with Gasteiger partial charge in [0.2, 0.25) is 0 Å². The number of rotatable bonds is 9. The molecule has 19 heavy (non-hydrogen) atoms. The van der Waals surface area contributed by atoms with Crippen molar-refractivity contribution in [3.05, 3.63) is 35.9 Å².